The molecule has 122 valence electrons. The van der Waals surface area contributed by atoms with E-state index in [1.165, 1.54) is 19.1 Å². The molecular weight excluding hydrogens is 314 g/mol. The topological polar surface area (TPSA) is 101 Å². The minimum absolute atomic E-state index is 0.144. The van der Waals surface area contributed by atoms with Crippen LogP contribution in [0.3, 0.4) is 0 Å². The number of amides is 1. The van der Waals surface area contributed by atoms with Gasteiger partial charge in [-0.3, -0.25) is 4.79 Å². The standard InChI is InChI=1S/C16H19N3O3S/c1-12(20)19-15-6-8-16(9-7-15)23(21,22)18-11-14-4-2-13(10-17)3-5-14/h2-9,18H,10-11,17H2,1H3,(H,19,20). The second-order valence-corrected chi connectivity index (χ2v) is 6.82. The van der Waals surface area contributed by atoms with Crippen LogP contribution in [-0.4, -0.2) is 14.3 Å². The van der Waals surface area contributed by atoms with Gasteiger partial charge in [0, 0.05) is 25.7 Å². The molecule has 0 radical (unpaired) electrons. The second kappa shape index (κ2) is 7.36. The average Bonchev–Trinajstić information content (AvgIpc) is 2.53. The van der Waals surface area contributed by atoms with Gasteiger partial charge in [0.25, 0.3) is 0 Å². The normalized spacial score (nSPS) is 11.2. The van der Waals surface area contributed by atoms with Crippen molar-refractivity contribution in [1.29, 1.82) is 0 Å². The number of hydrogen-bond acceptors (Lipinski definition) is 4. The van der Waals surface area contributed by atoms with Crippen LogP contribution in [0.25, 0.3) is 0 Å². The van der Waals surface area contributed by atoms with Gasteiger partial charge < -0.3 is 11.1 Å². The number of sulfonamides is 1. The highest BCUT2D eigenvalue weighted by Crippen LogP contribution is 2.14. The van der Waals surface area contributed by atoms with Gasteiger partial charge in [-0.25, -0.2) is 13.1 Å². The molecule has 0 spiro atoms. The smallest absolute Gasteiger partial charge is 0.240 e. The van der Waals surface area contributed by atoms with Crippen molar-refractivity contribution in [3.8, 4) is 0 Å². The van der Waals surface area contributed by atoms with Crippen molar-refractivity contribution in [2.75, 3.05) is 5.32 Å². The molecule has 0 aliphatic carbocycles. The third kappa shape index (κ3) is 4.88. The predicted molar refractivity (Wildman–Crippen MR) is 89.1 cm³/mol. The first-order valence-corrected chi connectivity index (χ1v) is 8.54. The van der Waals surface area contributed by atoms with Gasteiger partial charge in [-0.2, -0.15) is 0 Å². The summed E-state index contributed by atoms with van der Waals surface area (Å²) in [6.07, 6.45) is 0. The maximum Gasteiger partial charge on any atom is 0.240 e. The number of anilines is 1. The lowest BCUT2D eigenvalue weighted by atomic mass is 10.1. The Morgan fingerprint density at radius 2 is 1.57 bits per heavy atom. The Kier molecular flexibility index (Phi) is 5.49. The van der Waals surface area contributed by atoms with E-state index in [0.29, 0.717) is 12.2 Å². The van der Waals surface area contributed by atoms with Gasteiger partial charge in [-0.05, 0) is 35.4 Å². The molecule has 23 heavy (non-hydrogen) atoms. The molecule has 6 nitrogen and oxygen atoms in total. The van der Waals surface area contributed by atoms with Crippen molar-refractivity contribution in [2.24, 2.45) is 5.73 Å². The largest absolute Gasteiger partial charge is 0.326 e. The number of rotatable bonds is 6. The molecule has 1 amide bonds. The lowest BCUT2D eigenvalue weighted by Crippen LogP contribution is -2.23. The van der Waals surface area contributed by atoms with Crippen LogP contribution in [0.2, 0.25) is 0 Å². The highest BCUT2D eigenvalue weighted by atomic mass is 32.2. The molecule has 7 heteroatoms. The second-order valence-electron chi connectivity index (χ2n) is 5.05. The van der Waals surface area contributed by atoms with E-state index in [1.807, 2.05) is 24.3 Å². The quantitative estimate of drug-likeness (QED) is 0.747. The Morgan fingerprint density at radius 3 is 2.09 bits per heavy atom. The fraction of sp³-hybridized carbons (Fsp3) is 0.188. The van der Waals surface area contributed by atoms with Crippen molar-refractivity contribution in [3.63, 3.8) is 0 Å². The summed E-state index contributed by atoms with van der Waals surface area (Å²) in [7, 11) is -3.61. The Bertz CT molecular complexity index is 769. The van der Waals surface area contributed by atoms with E-state index in [9.17, 15) is 13.2 Å². The lowest BCUT2D eigenvalue weighted by Gasteiger charge is -2.08. The third-order valence-corrected chi connectivity index (χ3v) is 4.63. The molecule has 0 heterocycles. The van der Waals surface area contributed by atoms with E-state index in [2.05, 4.69) is 10.0 Å². The minimum Gasteiger partial charge on any atom is -0.326 e. The van der Waals surface area contributed by atoms with Crippen LogP contribution in [0.4, 0.5) is 5.69 Å². The fourth-order valence-corrected chi connectivity index (χ4v) is 2.99. The van der Waals surface area contributed by atoms with Crippen molar-refractivity contribution >= 4 is 21.6 Å². The monoisotopic (exact) mass is 333 g/mol. The molecule has 4 N–H and O–H groups in total. The minimum atomic E-state index is -3.61. The van der Waals surface area contributed by atoms with E-state index in [1.54, 1.807) is 12.1 Å². The zero-order valence-corrected chi connectivity index (χ0v) is 13.6. The Balaban J connectivity index is 2.04. The molecule has 2 aromatic rings. The molecule has 0 bridgehead atoms. The SMILES string of the molecule is CC(=O)Nc1ccc(S(=O)(=O)NCc2ccc(CN)cc2)cc1. The first-order valence-electron chi connectivity index (χ1n) is 7.06. The van der Waals surface area contributed by atoms with Crippen molar-refractivity contribution in [1.82, 2.24) is 4.72 Å². The summed E-state index contributed by atoms with van der Waals surface area (Å²) < 4.78 is 27.0. The molecule has 0 aromatic heterocycles. The molecule has 0 atom stereocenters. The summed E-state index contributed by atoms with van der Waals surface area (Å²) in [5.74, 6) is -0.209. The number of nitrogens with one attached hydrogen (secondary N) is 2. The van der Waals surface area contributed by atoms with E-state index >= 15 is 0 Å². The summed E-state index contributed by atoms with van der Waals surface area (Å²) in [6.45, 7) is 2.04. The summed E-state index contributed by atoms with van der Waals surface area (Å²) in [5.41, 5.74) is 7.91. The number of benzene rings is 2. The molecular formula is C16H19N3O3S. The van der Waals surface area contributed by atoms with Gasteiger partial charge in [0.2, 0.25) is 15.9 Å². The van der Waals surface area contributed by atoms with Crippen molar-refractivity contribution in [3.05, 3.63) is 59.7 Å². The van der Waals surface area contributed by atoms with Crippen molar-refractivity contribution < 1.29 is 13.2 Å². The summed E-state index contributed by atoms with van der Waals surface area (Å²) >= 11 is 0. The zero-order valence-electron chi connectivity index (χ0n) is 12.7. The van der Waals surface area contributed by atoms with E-state index < -0.39 is 10.0 Å². The van der Waals surface area contributed by atoms with Crippen LogP contribution in [0.1, 0.15) is 18.1 Å². The summed E-state index contributed by atoms with van der Waals surface area (Å²) in [4.78, 5) is 11.1. The van der Waals surface area contributed by atoms with Crippen LogP contribution in [0, 0.1) is 0 Å². The van der Waals surface area contributed by atoms with Crippen LogP contribution in [-0.2, 0) is 27.9 Å². The molecule has 2 rings (SSSR count). The summed E-state index contributed by atoms with van der Waals surface area (Å²) in [5, 5.41) is 2.59. The van der Waals surface area contributed by atoms with Gasteiger partial charge in [-0.1, -0.05) is 24.3 Å². The molecule has 0 saturated carbocycles. The zero-order chi connectivity index (χ0) is 16.9. The number of carbonyl (C=O) groups is 1. The maximum absolute atomic E-state index is 12.2. The van der Waals surface area contributed by atoms with Gasteiger partial charge in [-0.15, -0.1) is 0 Å². The van der Waals surface area contributed by atoms with E-state index in [0.717, 1.165) is 11.1 Å². The molecule has 2 aromatic carbocycles. The molecule has 0 unspecified atom stereocenters. The molecule has 0 saturated heterocycles. The third-order valence-electron chi connectivity index (χ3n) is 3.21. The number of nitrogens with two attached hydrogens (primary N) is 1. The van der Waals surface area contributed by atoms with Gasteiger partial charge in [0.05, 0.1) is 4.90 Å². The highest BCUT2D eigenvalue weighted by Gasteiger charge is 2.13. The van der Waals surface area contributed by atoms with Crippen molar-refractivity contribution in [2.45, 2.75) is 24.9 Å². The van der Waals surface area contributed by atoms with Gasteiger partial charge >= 0.3 is 0 Å². The number of hydrogen-bond donors (Lipinski definition) is 3. The lowest BCUT2D eigenvalue weighted by molar-refractivity contribution is -0.114. The Hall–Kier alpha value is -2.22. The Morgan fingerprint density at radius 1 is 1.00 bits per heavy atom. The van der Waals surface area contributed by atoms with E-state index in [-0.39, 0.29) is 17.3 Å². The first-order chi connectivity index (χ1) is 10.9. The molecule has 0 fully saturated rings. The van der Waals surface area contributed by atoms with Crippen LogP contribution < -0.4 is 15.8 Å². The highest BCUT2D eigenvalue weighted by molar-refractivity contribution is 7.89. The van der Waals surface area contributed by atoms with Crippen LogP contribution in [0.15, 0.2) is 53.4 Å². The van der Waals surface area contributed by atoms with E-state index in [4.69, 9.17) is 5.73 Å². The molecule has 0 aliphatic heterocycles. The van der Waals surface area contributed by atoms with Gasteiger partial charge in [0.1, 0.15) is 0 Å². The average molecular weight is 333 g/mol. The first kappa shape index (κ1) is 17.1. The number of carbonyl (C=O) groups excluding carboxylic acids is 1. The fourth-order valence-electron chi connectivity index (χ4n) is 1.98. The van der Waals surface area contributed by atoms with Crippen LogP contribution >= 0.6 is 0 Å². The Labute approximate surface area is 135 Å². The van der Waals surface area contributed by atoms with Crippen LogP contribution in [0.5, 0.6) is 0 Å². The molecule has 0 aliphatic rings. The maximum atomic E-state index is 12.2. The summed E-state index contributed by atoms with van der Waals surface area (Å²) in [6, 6.07) is 13.4. The predicted octanol–water partition coefficient (Wildman–Crippen LogP) is 1.58. The van der Waals surface area contributed by atoms with Gasteiger partial charge in [0.15, 0.2) is 0 Å².